The van der Waals surface area contributed by atoms with E-state index in [2.05, 4.69) is 26.8 Å². The predicted molar refractivity (Wildman–Crippen MR) is 122 cm³/mol. The summed E-state index contributed by atoms with van der Waals surface area (Å²) in [5.74, 6) is 0.213. The minimum atomic E-state index is -0.0685. The van der Waals surface area contributed by atoms with Crippen LogP contribution in [-0.4, -0.2) is 70.3 Å². The average Bonchev–Trinajstić information content (AvgIpc) is 3.15. The third kappa shape index (κ3) is 5.99. The highest BCUT2D eigenvalue weighted by Crippen LogP contribution is 2.26. The second kappa shape index (κ2) is 11.8. The van der Waals surface area contributed by atoms with Crippen molar-refractivity contribution in [2.75, 3.05) is 45.7 Å². The molecule has 1 unspecified atom stereocenters. The van der Waals surface area contributed by atoms with Crippen molar-refractivity contribution in [3.8, 4) is 12.0 Å². The molecule has 0 aliphatic carbocycles. The van der Waals surface area contributed by atoms with Crippen LogP contribution in [0.2, 0.25) is 0 Å². The maximum absolute atomic E-state index is 12.1. The summed E-state index contributed by atoms with van der Waals surface area (Å²) in [5, 5.41) is 0. The molecule has 0 saturated carbocycles. The second-order valence-electron chi connectivity index (χ2n) is 8.11. The standard InChI is InChI=1S/C22H36N6O4/c1-4-6-14-32-21-25-18(23)17-19(26-21)28(22(24-17)30-3)13-8-7-11-27-12-9-10-16(15-27)20(29)31-5-2/h16H,4-15H2,1-3H3,(H2,23,25,26). The summed E-state index contributed by atoms with van der Waals surface area (Å²) in [6.45, 7) is 8.37. The van der Waals surface area contributed by atoms with E-state index in [-0.39, 0.29) is 23.7 Å². The SMILES string of the molecule is CCCCOc1nc(N)c2nc(OC)n(CCCCN3CCCC(C(=O)OCC)C3)c2n1. The zero-order valence-corrected chi connectivity index (χ0v) is 19.5. The quantitative estimate of drug-likeness (QED) is 0.386. The smallest absolute Gasteiger partial charge is 0.320 e. The number of carbonyl (C=O) groups excluding carboxylic acids is 1. The van der Waals surface area contributed by atoms with Gasteiger partial charge in [-0.2, -0.15) is 15.0 Å². The number of nitrogen functional groups attached to an aromatic ring is 1. The lowest BCUT2D eigenvalue weighted by molar-refractivity contribution is -0.149. The van der Waals surface area contributed by atoms with Crippen LogP contribution in [0.25, 0.3) is 11.2 Å². The summed E-state index contributed by atoms with van der Waals surface area (Å²) in [6, 6.07) is 0.734. The molecule has 10 nitrogen and oxygen atoms in total. The van der Waals surface area contributed by atoms with Gasteiger partial charge in [0.15, 0.2) is 17.0 Å². The lowest BCUT2D eigenvalue weighted by Gasteiger charge is -2.31. The van der Waals surface area contributed by atoms with Crippen LogP contribution in [-0.2, 0) is 16.1 Å². The summed E-state index contributed by atoms with van der Waals surface area (Å²) in [5.41, 5.74) is 7.25. The molecule has 10 heteroatoms. The van der Waals surface area contributed by atoms with Crippen molar-refractivity contribution in [3.63, 3.8) is 0 Å². The van der Waals surface area contributed by atoms with Crippen LogP contribution in [0.3, 0.4) is 0 Å². The van der Waals surface area contributed by atoms with Gasteiger partial charge < -0.3 is 24.8 Å². The number of ether oxygens (including phenoxy) is 3. The van der Waals surface area contributed by atoms with Crippen molar-refractivity contribution in [1.82, 2.24) is 24.4 Å². The van der Waals surface area contributed by atoms with Gasteiger partial charge in [-0.3, -0.25) is 9.36 Å². The largest absolute Gasteiger partial charge is 0.468 e. The minimum absolute atomic E-state index is 0.00723. The van der Waals surface area contributed by atoms with Crippen molar-refractivity contribution in [1.29, 1.82) is 0 Å². The topological polar surface area (TPSA) is 118 Å². The summed E-state index contributed by atoms with van der Waals surface area (Å²) in [4.78, 5) is 27.6. The van der Waals surface area contributed by atoms with Crippen molar-refractivity contribution < 1.29 is 19.0 Å². The van der Waals surface area contributed by atoms with E-state index in [1.807, 2.05) is 11.5 Å². The van der Waals surface area contributed by atoms with Gasteiger partial charge in [0.25, 0.3) is 6.01 Å². The van der Waals surface area contributed by atoms with Crippen LogP contribution in [0.15, 0.2) is 0 Å². The maximum Gasteiger partial charge on any atom is 0.320 e. The molecule has 1 saturated heterocycles. The molecule has 0 amide bonds. The number of hydrogen-bond acceptors (Lipinski definition) is 9. The molecule has 3 rings (SSSR count). The molecule has 1 fully saturated rings. The number of rotatable bonds is 12. The Kier molecular flexibility index (Phi) is 8.90. The predicted octanol–water partition coefficient (Wildman–Crippen LogP) is 2.65. The molecule has 32 heavy (non-hydrogen) atoms. The first-order valence-corrected chi connectivity index (χ1v) is 11.7. The van der Waals surface area contributed by atoms with E-state index in [9.17, 15) is 4.79 Å². The molecule has 1 aliphatic heterocycles. The van der Waals surface area contributed by atoms with Crippen molar-refractivity contribution >= 4 is 23.0 Å². The number of methoxy groups -OCH3 is 1. The molecule has 0 spiro atoms. The Bertz CT molecular complexity index is 887. The molecule has 1 atom stereocenters. The number of hydrogen-bond donors (Lipinski definition) is 1. The van der Waals surface area contributed by atoms with Gasteiger partial charge in [-0.25, -0.2) is 0 Å². The first-order valence-electron chi connectivity index (χ1n) is 11.7. The number of nitrogens with two attached hydrogens (primary N) is 1. The molecule has 3 heterocycles. The number of esters is 1. The lowest BCUT2D eigenvalue weighted by atomic mass is 9.98. The van der Waals surface area contributed by atoms with Crippen LogP contribution in [0.1, 0.15) is 52.4 Å². The number of likely N-dealkylation sites (tertiary alicyclic amines) is 1. The fourth-order valence-corrected chi connectivity index (χ4v) is 4.03. The third-order valence-electron chi connectivity index (χ3n) is 5.71. The summed E-state index contributed by atoms with van der Waals surface area (Å²) in [7, 11) is 1.59. The van der Waals surface area contributed by atoms with Crippen molar-refractivity contribution in [2.24, 2.45) is 5.92 Å². The Morgan fingerprint density at radius 2 is 1.97 bits per heavy atom. The van der Waals surface area contributed by atoms with E-state index in [1.54, 1.807) is 7.11 Å². The van der Waals surface area contributed by atoms with Gasteiger partial charge in [0, 0.05) is 13.1 Å². The van der Waals surface area contributed by atoms with Gasteiger partial charge in [-0.05, 0) is 52.1 Å². The number of imidazole rings is 1. The Morgan fingerprint density at radius 1 is 1.16 bits per heavy atom. The highest BCUT2D eigenvalue weighted by Gasteiger charge is 2.26. The minimum Gasteiger partial charge on any atom is -0.468 e. The van der Waals surface area contributed by atoms with Crippen molar-refractivity contribution in [2.45, 2.75) is 58.9 Å². The van der Waals surface area contributed by atoms with Crippen LogP contribution >= 0.6 is 0 Å². The van der Waals surface area contributed by atoms with Gasteiger partial charge in [0.2, 0.25) is 0 Å². The number of unbranched alkanes of at least 4 members (excludes halogenated alkanes) is 2. The number of piperidine rings is 1. The lowest BCUT2D eigenvalue weighted by Crippen LogP contribution is -2.39. The fourth-order valence-electron chi connectivity index (χ4n) is 4.03. The molecule has 2 aromatic heterocycles. The highest BCUT2D eigenvalue weighted by atomic mass is 16.5. The van der Waals surface area contributed by atoms with Crippen LogP contribution < -0.4 is 15.2 Å². The number of carbonyl (C=O) groups is 1. The number of anilines is 1. The molecule has 2 aromatic rings. The van der Waals surface area contributed by atoms with E-state index in [0.717, 1.165) is 58.2 Å². The molecule has 178 valence electrons. The van der Waals surface area contributed by atoms with Gasteiger partial charge >= 0.3 is 12.0 Å². The second-order valence-corrected chi connectivity index (χ2v) is 8.11. The molecule has 1 aliphatic rings. The normalized spacial score (nSPS) is 16.9. The van der Waals surface area contributed by atoms with Crippen LogP contribution in [0, 0.1) is 5.92 Å². The van der Waals surface area contributed by atoms with Crippen molar-refractivity contribution in [3.05, 3.63) is 0 Å². The van der Waals surface area contributed by atoms with E-state index in [4.69, 9.17) is 19.9 Å². The number of aromatic nitrogens is 4. The Balaban J connectivity index is 1.59. The molecule has 0 bridgehead atoms. The van der Waals surface area contributed by atoms with E-state index >= 15 is 0 Å². The zero-order valence-electron chi connectivity index (χ0n) is 19.5. The first-order chi connectivity index (χ1) is 15.6. The Hall–Kier alpha value is -2.62. The molecule has 2 N–H and O–H groups in total. The molecule has 0 radical (unpaired) electrons. The average molecular weight is 449 g/mol. The monoisotopic (exact) mass is 448 g/mol. The third-order valence-corrected chi connectivity index (χ3v) is 5.71. The van der Waals surface area contributed by atoms with Crippen LogP contribution in [0.5, 0.6) is 12.0 Å². The molecular formula is C22H36N6O4. The maximum atomic E-state index is 12.1. The van der Waals surface area contributed by atoms with E-state index in [1.165, 1.54) is 0 Å². The van der Waals surface area contributed by atoms with Gasteiger partial charge in [-0.15, -0.1) is 0 Å². The number of nitrogens with zero attached hydrogens (tertiary/aromatic N) is 5. The van der Waals surface area contributed by atoms with E-state index < -0.39 is 0 Å². The summed E-state index contributed by atoms with van der Waals surface area (Å²) in [6.07, 6.45) is 5.80. The van der Waals surface area contributed by atoms with E-state index in [0.29, 0.717) is 36.9 Å². The number of fused-ring (bicyclic) bond motifs is 1. The fraction of sp³-hybridized carbons (Fsp3) is 0.727. The Labute approximate surface area is 189 Å². The molecular weight excluding hydrogens is 412 g/mol. The summed E-state index contributed by atoms with van der Waals surface area (Å²) >= 11 is 0. The van der Waals surface area contributed by atoms with Gasteiger partial charge in [0.1, 0.15) is 0 Å². The summed E-state index contributed by atoms with van der Waals surface area (Å²) < 4.78 is 18.2. The highest BCUT2D eigenvalue weighted by molar-refractivity contribution is 5.83. The van der Waals surface area contributed by atoms with Gasteiger partial charge in [0.05, 0.1) is 26.2 Å². The van der Waals surface area contributed by atoms with Gasteiger partial charge in [-0.1, -0.05) is 13.3 Å². The molecule has 0 aromatic carbocycles. The Morgan fingerprint density at radius 3 is 2.72 bits per heavy atom. The van der Waals surface area contributed by atoms with Crippen LogP contribution in [0.4, 0.5) is 5.82 Å². The zero-order chi connectivity index (χ0) is 22.9. The first kappa shape index (κ1) is 24.0. The number of aryl methyl sites for hydroxylation is 1.